The number of carbonyl (C=O) groups is 1. The van der Waals surface area contributed by atoms with Crippen LogP contribution in [0.15, 0.2) is 24.7 Å². The quantitative estimate of drug-likeness (QED) is 0.853. The van der Waals surface area contributed by atoms with Gasteiger partial charge in [-0.1, -0.05) is 0 Å². The van der Waals surface area contributed by atoms with Gasteiger partial charge >= 0.3 is 0 Å². The van der Waals surface area contributed by atoms with E-state index < -0.39 is 0 Å². The standard InChI is InChI=1S/C14H16N6O2/c1-9-18-10(6-13(15)19-9)12-8-20(4-5-22-12)14(21)11-7-16-2-3-17-11/h2-3,6-7,12H,4-5,8H2,1H3,(H2,15,18,19). The van der Waals surface area contributed by atoms with Gasteiger partial charge in [0.2, 0.25) is 0 Å². The van der Waals surface area contributed by atoms with E-state index in [1.54, 1.807) is 17.9 Å². The second kappa shape index (κ2) is 6.02. The van der Waals surface area contributed by atoms with Crippen molar-refractivity contribution in [3.05, 3.63) is 41.9 Å². The highest BCUT2D eigenvalue weighted by atomic mass is 16.5. The van der Waals surface area contributed by atoms with E-state index in [0.717, 1.165) is 0 Å². The molecule has 0 spiro atoms. The average Bonchev–Trinajstić information content (AvgIpc) is 2.54. The highest BCUT2D eigenvalue weighted by Gasteiger charge is 2.28. The summed E-state index contributed by atoms with van der Waals surface area (Å²) in [7, 11) is 0. The molecule has 22 heavy (non-hydrogen) atoms. The second-order valence-electron chi connectivity index (χ2n) is 4.97. The lowest BCUT2D eigenvalue weighted by Crippen LogP contribution is -2.42. The third kappa shape index (κ3) is 3.01. The molecule has 1 aliphatic heterocycles. The minimum atomic E-state index is -0.321. The summed E-state index contributed by atoms with van der Waals surface area (Å²) >= 11 is 0. The molecule has 2 aromatic rings. The molecule has 0 radical (unpaired) electrons. The number of nitrogens with zero attached hydrogens (tertiary/aromatic N) is 5. The van der Waals surface area contributed by atoms with Crippen molar-refractivity contribution in [1.82, 2.24) is 24.8 Å². The first kappa shape index (κ1) is 14.3. The Bertz CT molecular complexity index is 658. The van der Waals surface area contributed by atoms with Gasteiger partial charge in [0.05, 0.1) is 25.0 Å². The zero-order valence-electron chi connectivity index (χ0n) is 12.1. The predicted molar refractivity (Wildman–Crippen MR) is 77.8 cm³/mol. The fourth-order valence-electron chi connectivity index (χ4n) is 2.36. The molecule has 1 amide bonds. The smallest absolute Gasteiger partial charge is 0.274 e. The predicted octanol–water partition coefficient (Wildman–Crippen LogP) is 0.371. The molecule has 0 bridgehead atoms. The molecule has 114 valence electrons. The van der Waals surface area contributed by atoms with Crippen LogP contribution in [0, 0.1) is 6.92 Å². The molecule has 0 aliphatic carbocycles. The van der Waals surface area contributed by atoms with Gasteiger partial charge in [-0.3, -0.25) is 9.78 Å². The van der Waals surface area contributed by atoms with Gasteiger partial charge in [-0.2, -0.15) is 0 Å². The van der Waals surface area contributed by atoms with Crippen molar-refractivity contribution in [3.63, 3.8) is 0 Å². The number of aryl methyl sites for hydroxylation is 1. The van der Waals surface area contributed by atoms with Crippen LogP contribution in [-0.4, -0.2) is 50.4 Å². The van der Waals surface area contributed by atoms with E-state index in [-0.39, 0.29) is 12.0 Å². The summed E-state index contributed by atoms with van der Waals surface area (Å²) in [5.41, 5.74) is 6.75. The van der Waals surface area contributed by atoms with Crippen LogP contribution >= 0.6 is 0 Å². The molecule has 1 fully saturated rings. The number of hydrogen-bond acceptors (Lipinski definition) is 7. The number of rotatable bonds is 2. The van der Waals surface area contributed by atoms with E-state index in [1.165, 1.54) is 18.6 Å². The van der Waals surface area contributed by atoms with Gasteiger partial charge in [-0.25, -0.2) is 15.0 Å². The molecule has 1 unspecified atom stereocenters. The van der Waals surface area contributed by atoms with Crippen molar-refractivity contribution in [2.45, 2.75) is 13.0 Å². The molecule has 3 heterocycles. The van der Waals surface area contributed by atoms with E-state index in [1.807, 2.05) is 0 Å². The van der Waals surface area contributed by atoms with Gasteiger partial charge in [0.15, 0.2) is 0 Å². The van der Waals surface area contributed by atoms with Crippen LogP contribution in [0.25, 0.3) is 0 Å². The van der Waals surface area contributed by atoms with Crippen molar-refractivity contribution in [2.75, 3.05) is 25.4 Å². The molecule has 2 N–H and O–H groups in total. The van der Waals surface area contributed by atoms with Gasteiger partial charge in [-0.05, 0) is 6.92 Å². The van der Waals surface area contributed by atoms with Crippen molar-refractivity contribution < 1.29 is 9.53 Å². The maximum absolute atomic E-state index is 12.4. The molecular weight excluding hydrogens is 284 g/mol. The number of amides is 1. The lowest BCUT2D eigenvalue weighted by atomic mass is 10.2. The largest absolute Gasteiger partial charge is 0.384 e. The Labute approximate surface area is 127 Å². The normalized spacial score (nSPS) is 18.2. The molecule has 2 aromatic heterocycles. The van der Waals surface area contributed by atoms with E-state index in [9.17, 15) is 4.79 Å². The number of nitrogen functional groups attached to an aromatic ring is 1. The minimum absolute atomic E-state index is 0.167. The summed E-state index contributed by atoms with van der Waals surface area (Å²) < 4.78 is 5.71. The van der Waals surface area contributed by atoms with Gasteiger partial charge in [-0.15, -0.1) is 0 Å². The zero-order valence-corrected chi connectivity index (χ0v) is 12.1. The van der Waals surface area contributed by atoms with Gasteiger partial charge in [0.25, 0.3) is 5.91 Å². The Hall–Kier alpha value is -2.61. The number of nitrogens with two attached hydrogens (primary N) is 1. The minimum Gasteiger partial charge on any atom is -0.384 e. The van der Waals surface area contributed by atoms with Crippen LogP contribution in [-0.2, 0) is 4.74 Å². The Morgan fingerprint density at radius 2 is 2.27 bits per heavy atom. The number of morpholine rings is 1. The van der Waals surface area contributed by atoms with Gasteiger partial charge < -0.3 is 15.4 Å². The zero-order chi connectivity index (χ0) is 15.5. The van der Waals surface area contributed by atoms with Crippen LogP contribution in [0.4, 0.5) is 5.82 Å². The second-order valence-corrected chi connectivity index (χ2v) is 4.97. The lowest BCUT2D eigenvalue weighted by Gasteiger charge is -2.32. The SMILES string of the molecule is Cc1nc(N)cc(C2CN(C(=O)c3cnccn3)CCO2)n1. The maximum atomic E-state index is 12.4. The Morgan fingerprint density at radius 1 is 1.41 bits per heavy atom. The first-order valence-electron chi connectivity index (χ1n) is 6.91. The van der Waals surface area contributed by atoms with Gasteiger partial charge in [0, 0.05) is 25.0 Å². The molecule has 8 nitrogen and oxygen atoms in total. The number of aromatic nitrogens is 4. The van der Waals surface area contributed by atoms with Crippen molar-refractivity contribution in [1.29, 1.82) is 0 Å². The Balaban J connectivity index is 1.78. The third-order valence-electron chi connectivity index (χ3n) is 3.34. The molecule has 1 saturated heterocycles. The molecule has 1 aliphatic rings. The summed E-state index contributed by atoms with van der Waals surface area (Å²) in [5.74, 6) is 0.805. The highest BCUT2D eigenvalue weighted by Crippen LogP contribution is 2.22. The highest BCUT2D eigenvalue weighted by molar-refractivity contribution is 5.92. The van der Waals surface area contributed by atoms with E-state index in [2.05, 4.69) is 19.9 Å². The lowest BCUT2D eigenvalue weighted by molar-refractivity contribution is -0.0250. The summed E-state index contributed by atoms with van der Waals surface area (Å²) in [5, 5.41) is 0. The van der Waals surface area contributed by atoms with Crippen molar-refractivity contribution in [2.24, 2.45) is 0 Å². The fourth-order valence-corrected chi connectivity index (χ4v) is 2.36. The topological polar surface area (TPSA) is 107 Å². The van der Waals surface area contributed by atoms with Crippen LogP contribution in [0.2, 0.25) is 0 Å². The number of anilines is 1. The third-order valence-corrected chi connectivity index (χ3v) is 3.34. The summed E-state index contributed by atoms with van der Waals surface area (Å²) in [6, 6.07) is 1.67. The summed E-state index contributed by atoms with van der Waals surface area (Å²) in [6.45, 7) is 3.10. The molecular formula is C14H16N6O2. The number of carbonyl (C=O) groups excluding carboxylic acids is 1. The Kier molecular flexibility index (Phi) is 3.92. The molecule has 8 heteroatoms. The van der Waals surface area contributed by atoms with Gasteiger partial charge in [0.1, 0.15) is 23.4 Å². The molecule has 1 atom stereocenters. The maximum Gasteiger partial charge on any atom is 0.274 e. The fraction of sp³-hybridized carbons (Fsp3) is 0.357. The monoisotopic (exact) mass is 300 g/mol. The van der Waals surface area contributed by atoms with Crippen LogP contribution in [0.1, 0.15) is 28.1 Å². The first-order chi connectivity index (χ1) is 10.6. The Morgan fingerprint density at radius 3 is 3.00 bits per heavy atom. The van der Waals surface area contributed by atoms with E-state index >= 15 is 0 Å². The molecule has 0 saturated carbocycles. The summed E-state index contributed by atoms with van der Waals surface area (Å²) in [4.78, 5) is 30.5. The number of ether oxygens (including phenoxy) is 1. The van der Waals surface area contributed by atoms with E-state index in [0.29, 0.717) is 42.7 Å². The average molecular weight is 300 g/mol. The summed E-state index contributed by atoms with van der Waals surface area (Å²) in [6.07, 6.45) is 4.17. The number of hydrogen-bond donors (Lipinski definition) is 1. The van der Waals surface area contributed by atoms with Crippen LogP contribution in [0.3, 0.4) is 0 Å². The van der Waals surface area contributed by atoms with E-state index in [4.69, 9.17) is 10.5 Å². The van der Waals surface area contributed by atoms with Crippen molar-refractivity contribution in [3.8, 4) is 0 Å². The van der Waals surface area contributed by atoms with Crippen LogP contribution < -0.4 is 5.73 Å². The molecule has 0 aromatic carbocycles. The first-order valence-corrected chi connectivity index (χ1v) is 6.91. The molecule has 3 rings (SSSR count). The van der Waals surface area contributed by atoms with Crippen molar-refractivity contribution >= 4 is 11.7 Å². The van der Waals surface area contributed by atoms with Crippen LogP contribution in [0.5, 0.6) is 0 Å².